The molecule has 3 aromatic carbocycles. The Labute approximate surface area is 160 Å². The number of hydrogen-bond donors (Lipinski definition) is 2. The molecule has 0 aromatic heterocycles. The maximum absolute atomic E-state index is 12.3. The fourth-order valence-corrected chi connectivity index (χ4v) is 2.83. The zero-order valence-corrected chi connectivity index (χ0v) is 15.7. The second-order valence-electron chi connectivity index (χ2n) is 6.39. The largest absolute Gasteiger partial charge is 0.496 e. The Hall–Kier alpha value is -3.27. The summed E-state index contributed by atoms with van der Waals surface area (Å²) in [6, 6.07) is 23.3. The molecular formula is C23H24N2O2. The predicted molar refractivity (Wildman–Crippen MR) is 111 cm³/mol. The lowest BCUT2D eigenvalue weighted by Crippen LogP contribution is -2.12. The van der Waals surface area contributed by atoms with E-state index in [1.165, 1.54) is 5.56 Å². The van der Waals surface area contributed by atoms with Crippen LogP contribution in [-0.4, -0.2) is 19.6 Å². The van der Waals surface area contributed by atoms with Gasteiger partial charge in [0.25, 0.3) is 5.91 Å². The van der Waals surface area contributed by atoms with Crippen molar-refractivity contribution in [1.29, 1.82) is 0 Å². The van der Waals surface area contributed by atoms with Gasteiger partial charge in [0.15, 0.2) is 0 Å². The molecule has 1 amide bonds. The van der Waals surface area contributed by atoms with Crippen LogP contribution >= 0.6 is 0 Å². The molecule has 2 N–H and O–H groups in total. The Bertz CT molecular complexity index is 887. The van der Waals surface area contributed by atoms with Gasteiger partial charge in [0.05, 0.1) is 7.11 Å². The van der Waals surface area contributed by atoms with E-state index in [0.717, 1.165) is 35.7 Å². The van der Waals surface area contributed by atoms with Gasteiger partial charge in [-0.2, -0.15) is 0 Å². The minimum Gasteiger partial charge on any atom is -0.496 e. The zero-order chi connectivity index (χ0) is 19.1. The molecule has 0 bridgehead atoms. The Morgan fingerprint density at radius 2 is 1.56 bits per heavy atom. The van der Waals surface area contributed by atoms with Crippen molar-refractivity contribution in [3.05, 3.63) is 89.5 Å². The highest BCUT2D eigenvalue weighted by Crippen LogP contribution is 2.19. The van der Waals surface area contributed by atoms with Crippen LogP contribution in [0.15, 0.2) is 72.8 Å². The number of aryl methyl sites for hydroxylation is 1. The van der Waals surface area contributed by atoms with Crippen molar-refractivity contribution >= 4 is 17.3 Å². The summed E-state index contributed by atoms with van der Waals surface area (Å²) in [6.07, 6.45) is 0.871. The van der Waals surface area contributed by atoms with Crippen LogP contribution in [0.25, 0.3) is 0 Å². The number of benzene rings is 3. The van der Waals surface area contributed by atoms with E-state index in [-0.39, 0.29) is 5.91 Å². The molecule has 3 rings (SSSR count). The molecule has 0 fully saturated rings. The van der Waals surface area contributed by atoms with Crippen molar-refractivity contribution in [1.82, 2.24) is 0 Å². The number of para-hydroxylation sites is 1. The lowest BCUT2D eigenvalue weighted by Gasteiger charge is -2.11. The number of hydrogen-bond acceptors (Lipinski definition) is 3. The van der Waals surface area contributed by atoms with Crippen LogP contribution in [0, 0.1) is 6.92 Å². The molecule has 0 aliphatic heterocycles. The number of carbonyl (C=O) groups is 1. The summed E-state index contributed by atoms with van der Waals surface area (Å²) in [5.74, 6) is 0.806. The van der Waals surface area contributed by atoms with E-state index in [2.05, 4.69) is 16.7 Å². The Morgan fingerprint density at radius 3 is 2.26 bits per heavy atom. The summed E-state index contributed by atoms with van der Waals surface area (Å²) in [6.45, 7) is 2.80. The fourth-order valence-electron chi connectivity index (χ4n) is 2.83. The monoisotopic (exact) mass is 360 g/mol. The van der Waals surface area contributed by atoms with Crippen molar-refractivity contribution in [3.8, 4) is 5.75 Å². The van der Waals surface area contributed by atoms with Gasteiger partial charge in [-0.15, -0.1) is 0 Å². The summed E-state index contributed by atoms with van der Waals surface area (Å²) >= 11 is 0. The highest BCUT2D eigenvalue weighted by atomic mass is 16.5. The number of ether oxygens (including phenoxy) is 1. The predicted octanol–water partition coefficient (Wildman–Crippen LogP) is 4.91. The first-order valence-electron chi connectivity index (χ1n) is 8.99. The van der Waals surface area contributed by atoms with Gasteiger partial charge >= 0.3 is 0 Å². The molecule has 0 radical (unpaired) electrons. The lowest BCUT2D eigenvalue weighted by molar-refractivity contribution is 0.102. The molecule has 0 atom stereocenters. The Balaban J connectivity index is 1.52. The highest BCUT2D eigenvalue weighted by molar-refractivity contribution is 6.04. The van der Waals surface area contributed by atoms with Crippen molar-refractivity contribution in [2.75, 3.05) is 24.3 Å². The number of rotatable bonds is 7. The maximum atomic E-state index is 12.3. The van der Waals surface area contributed by atoms with Gasteiger partial charge in [-0.05, 0) is 61.4 Å². The number of anilines is 2. The van der Waals surface area contributed by atoms with Gasteiger partial charge in [0.2, 0.25) is 0 Å². The number of carbonyl (C=O) groups excluding carboxylic acids is 1. The molecule has 0 unspecified atom stereocenters. The smallest absolute Gasteiger partial charge is 0.255 e. The van der Waals surface area contributed by atoms with E-state index in [9.17, 15) is 4.79 Å². The number of nitrogens with one attached hydrogen (secondary N) is 2. The van der Waals surface area contributed by atoms with Crippen LogP contribution in [0.5, 0.6) is 5.75 Å². The van der Waals surface area contributed by atoms with Gasteiger partial charge in [-0.25, -0.2) is 0 Å². The second kappa shape index (κ2) is 8.90. The number of methoxy groups -OCH3 is 1. The third kappa shape index (κ3) is 5.11. The van der Waals surface area contributed by atoms with Crippen molar-refractivity contribution in [3.63, 3.8) is 0 Å². The molecule has 0 saturated carbocycles. The highest BCUT2D eigenvalue weighted by Gasteiger charge is 2.06. The molecule has 0 spiro atoms. The van der Waals surface area contributed by atoms with Crippen LogP contribution in [0.3, 0.4) is 0 Å². The molecule has 3 aromatic rings. The Kier molecular flexibility index (Phi) is 6.10. The summed E-state index contributed by atoms with van der Waals surface area (Å²) in [5, 5.41) is 6.31. The van der Waals surface area contributed by atoms with Crippen LogP contribution < -0.4 is 15.4 Å². The van der Waals surface area contributed by atoms with Crippen molar-refractivity contribution in [2.24, 2.45) is 0 Å². The fraction of sp³-hybridized carbons (Fsp3) is 0.174. The summed E-state index contributed by atoms with van der Waals surface area (Å²) in [4.78, 5) is 12.3. The van der Waals surface area contributed by atoms with Crippen molar-refractivity contribution < 1.29 is 9.53 Å². The molecule has 4 heteroatoms. The first kappa shape index (κ1) is 18.5. The summed E-state index contributed by atoms with van der Waals surface area (Å²) < 4.78 is 5.38. The average molecular weight is 360 g/mol. The third-order valence-corrected chi connectivity index (χ3v) is 4.37. The van der Waals surface area contributed by atoms with Crippen molar-refractivity contribution in [2.45, 2.75) is 13.3 Å². The SMILES string of the molecule is COc1ccccc1CCNc1ccc(NC(=O)c2ccc(C)cc2)cc1. The quantitative estimate of drug-likeness (QED) is 0.629. The van der Waals surface area contributed by atoms with E-state index in [1.807, 2.05) is 73.7 Å². The van der Waals surface area contributed by atoms with Crippen LogP contribution in [0.2, 0.25) is 0 Å². The third-order valence-electron chi connectivity index (χ3n) is 4.37. The maximum Gasteiger partial charge on any atom is 0.255 e. The second-order valence-corrected chi connectivity index (χ2v) is 6.39. The molecule has 0 saturated heterocycles. The average Bonchev–Trinajstić information content (AvgIpc) is 2.70. The first-order valence-corrected chi connectivity index (χ1v) is 8.99. The first-order chi connectivity index (χ1) is 13.2. The van der Waals surface area contributed by atoms with Crippen LogP contribution in [0.1, 0.15) is 21.5 Å². The molecule has 138 valence electrons. The molecule has 4 nitrogen and oxygen atoms in total. The van der Waals surface area contributed by atoms with E-state index in [0.29, 0.717) is 5.56 Å². The van der Waals surface area contributed by atoms with E-state index >= 15 is 0 Å². The van der Waals surface area contributed by atoms with Crippen LogP contribution in [-0.2, 0) is 6.42 Å². The minimum atomic E-state index is -0.105. The van der Waals surface area contributed by atoms with Gasteiger partial charge in [0, 0.05) is 23.5 Å². The number of amides is 1. The standard InChI is InChI=1S/C23H24N2O2/c1-17-7-9-19(10-8-17)23(26)25-21-13-11-20(12-14-21)24-16-15-18-5-3-4-6-22(18)27-2/h3-14,24H,15-16H2,1-2H3,(H,25,26). The van der Waals surface area contributed by atoms with E-state index in [4.69, 9.17) is 4.74 Å². The van der Waals surface area contributed by atoms with Gasteiger partial charge in [0.1, 0.15) is 5.75 Å². The van der Waals surface area contributed by atoms with Gasteiger partial charge < -0.3 is 15.4 Å². The molecular weight excluding hydrogens is 336 g/mol. The zero-order valence-electron chi connectivity index (χ0n) is 15.7. The van der Waals surface area contributed by atoms with Crippen LogP contribution in [0.4, 0.5) is 11.4 Å². The summed E-state index contributed by atoms with van der Waals surface area (Å²) in [7, 11) is 1.69. The molecule has 27 heavy (non-hydrogen) atoms. The van der Waals surface area contributed by atoms with E-state index in [1.54, 1.807) is 7.11 Å². The van der Waals surface area contributed by atoms with Gasteiger partial charge in [-0.1, -0.05) is 35.9 Å². The van der Waals surface area contributed by atoms with E-state index < -0.39 is 0 Å². The van der Waals surface area contributed by atoms with Gasteiger partial charge in [-0.3, -0.25) is 4.79 Å². The minimum absolute atomic E-state index is 0.105. The molecule has 0 aliphatic carbocycles. The molecule has 0 heterocycles. The normalized spacial score (nSPS) is 10.3. The Morgan fingerprint density at radius 1 is 0.889 bits per heavy atom. The summed E-state index contributed by atoms with van der Waals surface area (Å²) in [5.41, 5.74) is 4.75. The molecule has 0 aliphatic rings. The topological polar surface area (TPSA) is 50.4 Å². The lowest BCUT2D eigenvalue weighted by atomic mass is 10.1.